The largest absolute Gasteiger partial charge is 0.378 e. The van der Waals surface area contributed by atoms with Gasteiger partial charge in [0, 0.05) is 42.8 Å². The highest BCUT2D eigenvalue weighted by atomic mass is 19.1. The van der Waals surface area contributed by atoms with Crippen LogP contribution in [-0.4, -0.2) is 66.4 Å². The van der Waals surface area contributed by atoms with E-state index in [0.29, 0.717) is 18.9 Å². The molecular weight excluding hydrogens is 449 g/mol. The van der Waals surface area contributed by atoms with Crippen molar-refractivity contribution in [3.8, 4) is 5.69 Å². The molecule has 1 N–H and O–H groups in total. The zero-order chi connectivity index (χ0) is 24.9. The van der Waals surface area contributed by atoms with E-state index in [1.165, 1.54) is 17.0 Å². The molecule has 0 bridgehead atoms. The van der Waals surface area contributed by atoms with Gasteiger partial charge in [-0.05, 0) is 62.4 Å². The van der Waals surface area contributed by atoms with Crippen molar-refractivity contribution in [3.63, 3.8) is 0 Å². The number of carbonyl (C=O) groups is 2. The van der Waals surface area contributed by atoms with Gasteiger partial charge in [-0.25, -0.2) is 9.07 Å². The highest BCUT2D eigenvalue weighted by molar-refractivity contribution is 5.94. The number of anilines is 2. The summed E-state index contributed by atoms with van der Waals surface area (Å²) in [5.74, 6) is -0.776. The van der Waals surface area contributed by atoms with E-state index in [-0.39, 0.29) is 30.6 Å². The molecule has 0 aliphatic carbocycles. The Balaban J connectivity index is 1.33. The first kappa shape index (κ1) is 24.4. The molecule has 35 heavy (non-hydrogen) atoms. The van der Waals surface area contributed by atoms with Crippen molar-refractivity contribution in [2.45, 2.75) is 20.3 Å². The summed E-state index contributed by atoms with van der Waals surface area (Å²) in [5, 5.41) is 7.37. The third-order valence-corrected chi connectivity index (χ3v) is 6.17. The molecule has 3 aromatic rings. The number of ether oxygens (including phenoxy) is 1. The molecule has 1 fully saturated rings. The second-order valence-corrected chi connectivity index (χ2v) is 8.66. The van der Waals surface area contributed by atoms with Gasteiger partial charge in [-0.1, -0.05) is 0 Å². The van der Waals surface area contributed by atoms with Crippen LogP contribution >= 0.6 is 0 Å². The zero-order valence-corrected chi connectivity index (χ0v) is 20.3. The number of benzene rings is 2. The molecule has 1 saturated heterocycles. The monoisotopic (exact) mass is 479 g/mol. The fourth-order valence-corrected chi connectivity index (χ4v) is 4.13. The van der Waals surface area contributed by atoms with Gasteiger partial charge >= 0.3 is 0 Å². The highest BCUT2D eigenvalue weighted by Gasteiger charge is 2.20. The summed E-state index contributed by atoms with van der Waals surface area (Å²) in [6, 6.07) is 13.7. The predicted octanol–water partition coefficient (Wildman–Crippen LogP) is 3.10. The van der Waals surface area contributed by atoms with Gasteiger partial charge in [0.25, 0.3) is 0 Å². The second-order valence-electron chi connectivity index (χ2n) is 8.66. The van der Waals surface area contributed by atoms with Crippen LogP contribution in [0.15, 0.2) is 48.5 Å². The number of hydrogen-bond acceptors (Lipinski definition) is 5. The van der Waals surface area contributed by atoms with Crippen LogP contribution < -0.4 is 10.2 Å². The van der Waals surface area contributed by atoms with Crippen molar-refractivity contribution in [2.24, 2.45) is 0 Å². The van der Waals surface area contributed by atoms with Crippen LogP contribution in [-0.2, 0) is 20.7 Å². The zero-order valence-electron chi connectivity index (χ0n) is 20.3. The number of aryl methyl sites for hydroxylation is 1. The first-order valence-electron chi connectivity index (χ1n) is 11.6. The number of amides is 2. The number of aromatic nitrogens is 2. The third kappa shape index (κ3) is 5.86. The van der Waals surface area contributed by atoms with Crippen molar-refractivity contribution in [1.82, 2.24) is 14.7 Å². The second kappa shape index (κ2) is 10.7. The average Bonchev–Trinajstić information content (AvgIpc) is 3.13. The molecular formula is C26H30FN5O3. The van der Waals surface area contributed by atoms with E-state index in [2.05, 4.69) is 15.3 Å². The number of carbonyl (C=O) groups excluding carboxylic acids is 2. The Morgan fingerprint density at radius 3 is 2.31 bits per heavy atom. The van der Waals surface area contributed by atoms with Gasteiger partial charge in [-0.2, -0.15) is 5.10 Å². The van der Waals surface area contributed by atoms with Crippen LogP contribution in [0.3, 0.4) is 0 Å². The molecule has 9 heteroatoms. The number of likely N-dealkylation sites (N-methyl/N-ethyl adjacent to an activating group) is 1. The molecule has 8 nitrogen and oxygen atoms in total. The van der Waals surface area contributed by atoms with E-state index in [4.69, 9.17) is 4.74 Å². The topological polar surface area (TPSA) is 79.7 Å². The van der Waals surface area contributed by atoms with Crippen LogP contribution in [0.2, 0.25) is 0 Å². The summed E-state index contributed by atoms with van der Waals surface area (Å²) in [6.07, 6.45) is 0.122. The smallest absolute Gasteiger partial charge is 0.243 e. The first-order valence-corrected chi connectivity index (χ1v) is 11.6. The molecule has 2 heterocycles. The van der Waals surface area contributed by atoms with Crippen molar-refractivity contribution in [2.75, 3.05) is 50.1 Å². The van der Waals surface area contributed by atoms with Gasteiger partial charge in [0.15, 0.2) is 0 Å². The summed E-state index contributed by atoms with van der Waals surface area (Å²) in [6.45, 7) is 6.77. The minimum atomic E-state index is -0.321. The fourth-order valence-electron chi connectivity index (χ4n) is 4.13. The molecule has 1 aliphatic heterocycles. The number of halogens is 1. The van der Waals surface area contributed by atoms with Crippen molar-refractivity contribution >= 4 is 23.2 Å². The van der Waals surface area contributed by atoms with Gasteiger partial charge in [0.1, 0.15) is 5.82 Å². The Morgan fingerprint density at radius 2 is 1.66 bits per heavy atom. The lowest BCUT2D eigenvalue weighted by molar-refractivity contribution is -0.132. The number of nitrogens with one attached hydrogen (secondary N) is 1. The van der Waals surface area contributed by atoms with Crippen LogP contribution in [0.1, 0.15) is 17.0 Å². The molecule has 2 aromatic carbocycles. The van der Waals surface area contributed by atoms with E-state index < -0.39 is 0 Å². The molecule has 0 unspecified atom stereocenters. The highest BCUT2D eigenvalue weighted by Crippen LogP contribution is 2.20. The summed E-state index contributed by atoms with van der Waals surface area (Å²) >= 11 is 0. The first-order chi connectivity index (χ1) is 16.8. The van der Waals surface area contributed by atoms with Gasteiger partial charge in [-0.15, -0.1) is 0 Å². The van der Waals surface area contributed by atoms with Crippen molar-refractivity contribution in [3.05, 3.63) is 71.3 Å². The number of rotatable bonds is 7. The SMILES string of the molecule is Cc1nn(-c2ccc(F)cc2)c(C)c1CC(=O)N(C)CC(=O)Nc1ccc(N2CCOCC2)cc1. The maximum Gasteiger partial charge on any atom is 0.243 e. The Kier molecular flexibility index (Phi) is 7.45. The van der Waals surface area contributed by atoms with Crippen molar-refractivity contribution < 1.29 is 18.7 Å². The van der Waals surface area contributed by atoms with Gasteiger partial charge in [0.05, 0.1) is 37.6 Å². The quantitative estimate of drug-likeness (QED) is 0.563. The molecule has 1 aromatic heterocycles. The molecule has 0 atom stereocenters. The van der Waals surface area contributed by atoms with E-state index >= 15 is 0 Å². The standard InChI is InChI=1S/C26H30FN5O3/c1-18-24(19(2)32(29-18)23-8-4-20(27)5-9-23)16-26(34)30(3)17-25(33)28-21-6-10-22(11-7-21)31-12-14-35-15-13-31/h4-11H,12-17H2,1-3H3,(H,28,33). The molecule has 2 amide bonds. The maximum atomic E-state index is 13.3. The lowest BCUT2D eigenvalue weighted by atomic mass is 10.1. The van der Waals surface area contributed by atoms with Crippen LogP contribution in [0.25, 0.3) is 5.69 Å². The van der Waals surface area contributed by atoms with Crippen LogP contribution in [0.4, 0.5) is 15.8 Å². The maximum absolute atomic E-state index is 13.3. The van der Waals surface area contributed by atoms with Crippen molar-refractivity contribution in [1.29, 1.82) is 0 Å². The summed E-state index contributed by atoms with van der Waals surface area (Å²) in [7, 11) is 1.61. The van der Waals surface area contributed by atoms with Gasteiger partial charge in [-0.3, -0.25) is 9.59 Å². The molecule has 4 rings (SSSR count). The number of morpholine rings is 1. The number of nitrogens with zero attached hydrogens (tertiary/aromatic N) is 4. The molecule has 184 valence electrons. The Bertz CT molecular complexity index is 1180. The Morgan fingerprint density at radius 1 is 1.03 bits per heavy atom. The average molecular weight is 480 g/mol. The lowest BCUT2D eigenvalue weighted by Gasteiger charge is -2.28. The Labute approximate surface area is 204 Å². The normalized spacial score (nSPS) is 13.5. The van der Waals surface area contributed by atoms with E-state index in [0.717, 1.165) is 41.4 Å². The van der Waals surface area contributed by atoms with Crippen LogP contribution in [0, 0.1) is 19.7 Å². The summed E-state index contributed by atoms with van der Waals surface area (Å²) in [5.41, 5.74) is 4.81. The summed E-state index contributed by atoms with van der Waals surface area (Å²) in [4.78, 5) is 29.0. The van der Waals surface area contributed by atoms with Crippen LogP contribution in [0.5, 0.6) is 0 Å². The minimum absolute atomic E-state index is 0.0613. The third-order valence-electron chi connectivity index (χ3n) is 6.17. The lowest BCUT2D eigenvalue weighted by Crippen LogP contribution is -2.36. The van der Waals surface area contributed by atoms with E-state index in [9.17, 15) is 14.0 Å². The van der Waals surface area contributed by atoms with Gasteiger partial charge in [0.2, 0.25) is 11.8 Å². The summed E-state index contributed by atoms with van der Waals surface area (Å²) < 4.78 is 20.3. The molecule has 0 radical (unpaired) electrons. The Hall–Kier alpha value is -3.72. The van der Waals surface area contributed by atoms with E-state index in [1.807, 2.05) is 38.1 Å². The van der Waals surface area contributed by atoms with Gasteiger partial charge < -0.3 is 19.9 Å². The minimum Gasteiger partial charge on any atom is -0.378 e. The molecule has 0 spiro atoms. The fraction of sp³-hybridized carbons (Fsp3) is 0.346. The number of hydrogen-bond donors (Lipinski definition) is 1. The molecule has 1 aliphatic rings. The molecule has 0 saturated carbocycles. The predicted molar refractivity (Wildman–Crippen MR) is 132 cm³/mol. The van der Waals surface area contributed by atoms with E-state index in [1.54, 1.807) is 23.9 Å².